The Morgan fingerprint density at radius 1 is 1.47 bits per heavy atom. The molecule has 7 heteroatoms. The summed E-state index contributed by atoms with van der Waals surface area (Å²) in [5.41, 5.74) is 6.34. The first-order valence-electron chi connectivity index (χ1n) is 5.84. The lowest BCUT2D eigenvalue weighted by atomic mass is 10.3. The molecule has 0 aliphatic heterocycles. The van der Waals surface area contributed by atoms with Gasteiger partial charge in [-0.25, -0.2) is 9.67 Å². The SMILES string of the molecule is CCn1ncnc1CS(=O)c1cc(OC)ccc1N. The van der Waals surface area contributed by atoms with E-state index in [1.54, 1.807) is 30.0 Å². The van der Waals surface area contributed by atoms with Crippen LogP contribution in [-0.2, 0) is 23.1 Å². The summed E-state index contributed by atoms with van der Waals surface area (Å²) < 4.78 is 19.2. The van der Waals surface area contributed by atoms with E-state index < -0.39 is 10.8 Å². The van der Waals surface area contributed by atoms with Gasteiger partial charge in [0.15, 0.2) is 0 Å². The lowest BCUT2D eigenvalue weighted by Gasteiger charge is -2.08. The molecular formula is C12H16N4O2S. The van der Waals surface area contributed by atoms with Gasteiger partial charge in [0.05, 0.1) is 28.6 Å². The number of nitrogen functional groups attached to an aromatic ring is 1. The highest BCUT2D eigenvalue weighted by Crippen LogP contribution is 2.24. The van der Waals surface area contributed by atoms with Crippen LogP contribution in [0.3, 0.4) is 0 Å². The van der Waals surface area contributed by atoms with Crippen LogP contribution in [0, 0.1) is 0 Å². The summed E-state index contributed by atoms with van der Waals surface area (Å²) in [7, 11) is 0.285. The first kappa shape index (κ1) is 13.5. The monoisotopic (exact) mass is 280 g/mol. The average Bonchev–Trinajstić information content (AvgIpc) is 2.86. The molecule has 2 aromatic rings. The molecule has 1 heterocycles. The largest absolute Gasteiger partial charge is 0.497 e. The molecule has 0 spiro atoms. The third-order valence-corrected chi connectivity index (χ3v) is 4.09. The van der Waals surface area contributed by atoms with Gasteiger partial charge in [-0.1, -0.05) is 0 Å². The summed E-state index contributed by atoms with van der Waals surface area (Å²) in [6.07, 6.45) is 1.46. The number of anilines is 1. The number of methoxy groups -OCH3 is 1. The molecule has 1 aromatic heterocycles. The molecule has 0 radical (unpaired) electrons. The Bertz CT molecular complexity index is 597. The summed E-state index contributed by atoms with van der Waals surface area (Å²) in [4.78, 5) is 4.67. The van der Waals surface area contributed by atoms with Crippen LogP contribution in [-0.4, -0.2) is 26.1 Å². The molecule has 19 heavy (non-hydrogen) atoms. The van der Waals surface area contributed by atoms with Crippen molar-refractivity contribution in [2.75, 3.05) is 12.8 Å². The summed E-state index contributed by atoms with van der Waals surface area (Å²) in [5, 5.41) is 4.05. The molecule has 0 saturated heterocycles. The first-order chi connectivity index (χ1) is 9.15. The third kappa shape index (κ3) is 2.93. The lowest BCUT2D eigenvalue weighted by Crippen LogP contribution is -2.08. The van der Waals surface area contributed by atoms with Gasteiger partial charge in [-0.2, -0.15) is 5.10 Å². The maximum atomic E-state index is 12.4. The number of aromatic nitrogens is 3. The van der Waals surface area contributed by atoms with Crippen LogP contribution < -0.4 is 10.5 Å². The number of ether oxygens (including phenoxy) is 1. The van der Waals surface area contributed by atoms with Crippen LogP contribution >= 0.6 is 0 Å². The Morgan fingerprint density at radius 3 is 2.95 bits per heavy atom. The second kappa shape index (κ2) is 5.83. The second-order valence-corrected chi connectivity index (χ2v) is 5.31. The van der Waals surface area contributed by atoms with Crippen LogP contribution in [0.25, 0.3) is 0 Å². The van der Waals surface area contributed by atoms with Crippen LogP contribution in [0.2, 0.25) is 0 Å². The molecule has 1 aromatic carbocycles. The summed E-state index contributed by atoms with van der Waals surface area (Å²) in [6.45, 7) is 2.65. The van der Waals surface area contributed by atoms with Crippen molar-refractivity contribution >= 4 is 16.5 Å². The topological polar surface area (TPSA) is 83.0 Å². The standard InChI is InChI=1S/C12H16N4O2S/c1-3-16-12(14-8-15-16)7-19(17)11-6-9(18-2)4-5-10(11)13/h4-6,8H,3,7,13H2,1-2H3. The first-order valence-corrected chi connectivity index (χ1v) is 7.16. The normalized spacial score (nSPS) is 12.3. The molecule has 0 amide bonds. The van der Waals surface area contributed by atoms with Crippen molar-refractivity contribution in [1.82, 2.24) is 14.8 Å². The van der Waals surface area contributed by atoms with E-state index in [-0.39, 0.29) is 5.75 Å². The van der Waals surface area contributed by atoms with Crippen molar-refractivity contribution in [3.05, 3.63) is 30.4 Å². The van der Waals surface area contributed by atoms with Gasteiger partial charge in [0.2, 0.25) is 0 Å². The Hall–Kier alpha value is -1.89. The lowest BCUT2D eigenvalue weighted by molar-refractivity contribution is 0.413. The predicted molar refractivity (Wildman–Crippen MR) is 73.2 cm³/mol. The third-order valence-electron chi connectivity index (χ3n) is 2.72. The quantitative estimate of drug-likeness (QED) is 0.832. The van der Waals surface area contributed by atoms with Crippen LogP contribution in [0.5, 0.6) is 5.75 Å². The molecule has 0 bridgehead atoms. The predicted octanol–water partition coefficient (Wildman–Crippen LogP) is 1.20. The number of nitrogens with two attached hydrogens (primary N) is 1. The molecule has 0 saturated carbocycles. The minimum Gasteiger partial charge on any atom is -0.497 e. The summed E-state index contributed by atoms with van der Waals surface area (Å²) in [6, 6.07) is 5.12. The van der Waals surface area contributed by atoms with E-state index in [1.165, 1.54) is 6.33 Å². The minimum absolute atomic E-state index is 0.283. The van der Waals surface area contributed by atoms with Crippen LogP contribution in [0.4, 0.5) is 5.69 Å². The molecule has 1 unspecified atom stereocenters. The van der Waals surface area contributed by atoms with Gasteiger partial charge in [-0.05, 0) is 25.1 Å². The van der Waals surface area contributed by atoms with E-state index in [0.29, 0.717) is 28.7 Å². The van der Waals surface area contributed by atoms with Gasteiger partial charge >= 0.3 is 0 Å². The van der Waals surface area contributed by atoms with Crippen molar-refractivity contribution in [3.63, 3.8) is 0 Å². The van der Waals surface area contributed by atoms with Gasteiger partial charge in [0.1, 0.15) is 17.9 Å². The van der Waals surface area contributed by atoms with Crippen molar-refractivity contribution in [2.45, 2.75) is 24.1 Å². The van der Waals surface area contributed by atoms with Crippen molar-refractivity contribution in [1.29, 1.82) is 0 Å². The number of benzene rings is 1. The summed E-state index contributed by atoms with van der Waals surface area (Å²) in [5.74, 6) is 1.60. The molecule has 2 N–H and O–H groups in total. The fourth-order valence-electron chi connectivity index (χ4n) is 1.70. The molecule has 2 rings (SSSR count). The number of nitrogens with zero attached hydrogens (tertiary/aromatic N) is 3. The highest BCUT2D eigenvalue weighted by atomic mass is 32.2. The fourth-order valence-corrected chi connectivity index (χ4v) is 2.89. The Kier molecular flexibility index (Phi) is 4.16. The molecular weight excluding hydrogens is 264 g/mol. The molecule has 1 atom stereocenters. The Balaban J connectivity index is 2.25. The fraction of sp³-hybridized carbons (Fsp3) is 0.333. The van der Waals surface area contributed by atoms with Crippen LogP contribution in [0.1, 0.15) is 12.7 Å². The van der Waals surface area contributed by atoms with E-state index in [2.05, 4.69) is 10.1 Å². The average molecular weight is 280 g/mol. The zero-order valence-corrected chi connectivity index (χ0v) is 11.7. The maximum Gasteiger partial charge on any atom is 0.139 e. The van der Waals surface area contributed by atoms with E-state index >= 15 is 0 Å². The molecule has 0 aliphatic rings. The smallest absolute Gasteiger partial charge is 0.139 e. The molecule has 6 nitrogen and oxygen atoms in total. The van der Waals surface area contributed by atoms with E-state index in [9.17, 15) is 4.21 Å². The number of aryl methyl sites for hydroxylation is 1. The van der Waals surface area contributed by atoms with Gasteiger partial charge in [0, 0.05) is 12.2 Å². The summed E-state index contributed by atoms with van der Waals surface area (Å²) >= 11 is 0. The number of hydrogen-bond donors (Lipinski definition) is 1. The van der Waals surface area contributed by atoms with Gasteiger partial charge in [-0.3, -0.25) is 4.21 Å². The number of rotatable bonds is 5. The molecule has 102 valence electrons. The zero-order chi connectivity index (χ0) is 13.8. The highest BCUT2D eigenvalue weighted by molar-refractivity contribution is 7.84. The van der Waals surface area contributed by atoms with E-state index in [4.69, 9.17) is 10.5 Å². The second-order valence-electron chi connectivity index (χ2n) is 3.89. The molecule has 0 fully saturated rings. The van der Waals surface area contributed by atoms with Crippen molar-refractivity contribution in [2.24, 2.45) is 0 Å². The van der Waals surface area contributed by atoms with Gasteiger partial charge in [-0.15, -0.1) is 0 Å². The maximum absolute atomic E-state index is 12.4. The van der Waals surface area contributed by atoms with E-state index in [1.807, 2.05) is 6.92 Å². The Morgan fingerprint density at radius 2 is 2.26 bits per heavy atom. The number of hydrogen-bond acceptors (Lipinski definition) is 5. The van der Waals surface area contributed by atoms with Gasteiger partial charge in [0.25, 0.3) is 0 Å². The molecule has 0 aliphatic carbocycles. The highest BCUT2D eigenvalue weighted by Gasteiger charge is 2.13. The van der Waals surface area contributed by atoms with Crippen molar-refractivity contribution < 1.29 is 8.95 Å². The Labute approximate surface area is 114 Å². The van der Waals surface area contributed by atoms with Gasteiger partial charge < -0.3 is 10.5 Å². The van der Waals surface area contributed by atoms with Crippen LogP contribution in [0.15, 0.2) is 29.4 Å². The minimum atomic E-state index is -1.28. The van der Waals surface area contributed by atoms with Crippen molar-refractivity contribution in [3.8, 4) is 5.75 Å². The van der Waals surface area contributed by atoms with E-state index in [0.717, 1.165) is 0 Å². The zero-order valence-electron chi connectivity index (χ0n) is 10.9.